The lowest BCUT2D eigenvalue weighted by molar-refractivity contribution is -0.117. The van der Waals surface area contributed by atoms with Gasteiger partial charge in [0.1, 0.15) is 4.88 Å². The molecule has 1 aliphatic rings. The number of anilines is 2. The molecule has 0 bridgehead atoms. The van der Waals surface area contributed by atoms with Crippen molar-refractivity contribution in [3.05, 3.63) is 46.8 Å². The third kappa shape index (κ3) is 3.06. The predicted molar refractivity (Wildman–Crippen MR) is 93.1 cm³/mol. The Morgan fingerprint density at radius 1 is 1.27 bits per heavy atom. The van der Waals surface area contributed by atoms with E-state index < -0.39 is 5.91 Å². The number of hydrogen-bond acceptors (Lipinski definition) is 8. The number of benzene rings is 1. The van der Waals surface area contributed by atoms with Crippen LogP contribution < -0.4 is 10.2 Å². The summed E-state index contributed by atoms with van der Waals surface area (Å²) in [6.45, 7) is 2.15. The molecule has 1 atom stereocenters. The summed E-state index contributed by atoms with van der Waals surface area (Å²) in [6, 6.07) is 9.41. The minimum Gasteiger partial charge on any atom is -0.407 e. The highest BCUT2D eigenvalue weighted by molar-refractivity contribution is 7.08. The summed E-state index contributed by atoms with van der Waals surface area (Å²) in [7, 11) is 0. The smallest absolute Gasteiger partial charge is 0.322 e. The molecule has 1 N–H and O–H groups in total. The van der Waals surface area contributed by atoms with E-state index in [-0.39, 0.29) is 24.3 Å². The first kappa shape index (κ1) is 16.3. The van der Waals surface area contributed by atoms with Crippen LogP contribution >= 0.6 is 11.5 Å². The van der Waals surface area contributed by atoms with Crippen LogP contribution in [0.2, 0.25) is 0 Å². The van der Waals surface area contributed by atoms with Crippen LogP contribution in [0.25, 0.3) is 0 Å². The maximum Gasteiger partial charge on any atom is 0.322 e. The number of nitrogens with zero attached hydrogens (tertiary/aromatic N) is 5. The zero-order chi connectivity index (χ0) is 18.1. The Hall–Kier alpha value is -3.14. The van der Waals surface area contributed by atoms with Crippen molar-refractivity contribution in [3.8, 4) is 0 Å². The maximum atomic E-state index is 12.3. The van der Waals surface area contributed by atoms with Crippen molar-refractivity contribution in [1.82, 2.24) is 19.8 Å². The summed E-state index contributed by atoms with van der Waals surface area (Å²) in [6.07, 6.45) is 0.280. The van der Waals surface area contributed by atoms with E-state index in [0.717, 1.165) is 17.2 Å². The third-order valence-electron chi connectivity index (χ3n) is 4.06. The van der Waals surface area contributed by atoms with Crippen LogP contribution in [0.4, 0.5) is 11.7 Å². The number of aromatic nitrogens is 4. The van der Waals surface area contributed by atoms with Crippen molar-refractivity contribution >= 4 is 35.0 Å². The predicted octanol–water partition coefficient (Wildman–Crippen LogP) is 2.00. The number of hydrogen-bond donors (Lipinski definition) is 1. The molecule has 0 radical (unpaired) electrons. The van der Waals surface area contributed by atoms with Crippen LogP contribution in [0.1, 0.15) is 33.6 Å². The second-order valence-electron chi connectivity index (χ2n) is 5.83. The summed E-state index contributed by atoms with van der Waals surface area (Å²) < 4.78 is 9.26. The molecular formula is C16H14N6O3S. The van der Waals surface area contributed by atoms with E-state index in [1.165, 1.54) is 0 Å². The SMILES string of the molecule is Cc1nnsc1C(=O)Nc1nnc([C@H]2CC(=O)N(c3ccccc3)C2)o1. The highest BCUT2D eigenvalue weighted by atomic mass is 32.1. The molecule has 26 heavy (non-hydrogen) atoms. The average Bonchev–Trinajstić information content (AvgIpc) is 3.35. The molecule has 2 amide bonds. The number of carbonyl (C=O) groups is 2. The number of para-hydroxylation sites is 1. The summed E-state index contributed by atoms with van der Waals surface area (Å²) in [5, 5.41) is 14.2. The van der Waals surface area contributed by atoms with Crippen molar-refractivity contribution in [1.29, 1.82) is 0 Å². The van der Waals surface area contributed by atoms with Crippen LogP contribution in [-0.2, 0) is 4.79 Å². The van der Waals surface area contributed by atoms with Gasteiger partial charge >= 0.3 is 6.01 Å². The lowest BCUT2D eigenvalue weighted by Crippen LogP contribution is -2.24. The monoisotopic (exact) mass is 370 g/mol. The van der Waals surface area contributed by atoms with E-state index in [0.29, 0.717) is 23.0 Å². The maximum absolute atomic E-state index is 12.3. The Bertz CT molecular complexity index is 954. The first-order chi connectivity index (χ1) is 12.6. The second kappa shape index (κ2) is 6.64. The average molecular weight is 370 g/mol. The molecule has 0 saturated carbocycles. The van der Waals surface area contributed by atoms with Crippen molar-refractivity contribution in [2.24, 2.45) is 0 Å². The lowest BCUT2D eigenvalue weighted by atomic mass is 10.1. The Kier molecular flexibility index (Phi) is 4.17. The molecule has 4 rings (SSSR count). The number of carbonyl (C=O) groups excluding carboxylic acids is 2. The van der Waals surface area contributed by atoms with Gasteiger partial charge < -0.3 is 9.32 Å². The van der Waals surface area contributed by atoms with Crippen LogP contribution in [-0.4, -0.2) is 38.1 Å². The Labute approximate surface area is 152 Å². The van der Waals surface area contributed by atoms with Gasteiger partial charge in [0, 0.05) is 18.7 Å². The lowest BCUT2D eigenvalue weighted by Gasteiger charge is -2.15. The van der Waals surface area contributed by atoms with E-state index in [9.17, 15) is 9.59 Å². The van der Waals surface area contributed by atoms with E-state index in [4.69, 9.17) is 4.42 Å². The molecule has 9 nitrogen and oxygen atoms in total. The summed E-state index contributed by atoms with van der Waals surface area (Å²) in [5.74, 6) is -0.295. The normalized spacial score (nSPS) is 16.9. The van der Waals surface area contributed by atoms with E-state index in [1.54, 1.807) is 11.8 Å². The molecule has 1 aromatic carbocycles. The fourth-order valence-electron chi connectivity index (χ4n) is 2.77. The number of amides is 2. The fraction of sp³-hybridized carbons (Fsp3) is 0.250. The van der Waals surface area contributed by atoms with Crippen molar-refractivity contribution in [2.75, 3.05) is 16.8 Å². The quantitative estimate of drug-likeness (QED) is 0.747. The van der Waals surface area contributed by atoms with Crippen molar-refractivity contribution < 1.29 is 14.0 Å². The summed E-state index contributed by atoms with van der Waals surface area (Å²) in [4.78, 5) is 26.5. The molecule has 1 fully saturated rings. The van der Waals surface area contributed by atoms with Crippen molar-refractivity contribution in [3.63, 3.8) is 0 Å². The summed E-state index contributed by atoms with van der Waals surface area (Å²) >= 11 is 0.993. The zero-order valence-electron chi connectivity index (χ0n) is 13.7. The van der Waals surface area contributed by atoms with Gasteiger partial charge in [0.2, 0.25) is 11.8 Å². The van der Waals surface area contributed by atoms with Gasteiger partial charge in [-0.15, -0.1) is 10.2 Å². The van der Waals surface area contributed by atoms with Crippen LogP contribution in [0.15, 0.2) is 34.7 Å². The first-order valence-corrected chi connectivity index (χ1v) is 8.68. The molecular weight excluding hydrogens is 356 g/mol. The molecule has 0 aliphatic carbocycles. The number of rotatable bonds is 4. The second-order valence-corrected chi connectivity index (χ2v) is 6.58. The molecule has 132 valence electrons. The van der Waals surface area contributed by atoms with Crippen molar-refractivity contribution in [2.45, 2.75) is 19.3 Å². The molecule has 1 saturated heterocycles. The van der Waals surface area contributed by atoms with Crippen LogP contribution in [0, 0.1) is 6.92 Å². The van der Waals surface area contributed by atoms with Crippen LogP contribution in [0.5, 0.6) is 0 Å². The molecule has 0 spiro atoms. The fourth-order valence-corrected chi connectivity index (χ4v) is 3.33. The highest BCUT2D eigenvalue weighted by Crippen LogP contribution is 2.31. The molecule has 1 aliphatic heterocycles. The third-order valence-corrected chi connectivity index (χ3v) is 4.89. The topological polar surface area (TPSA) is 114 Å². The van der Waals surface area contributed by atoms with Gasteiger partial charge in [0.15, 0.2) is 0 Å². The summed E-state index contributed by atoms with van der Waals surface area (Å²) in [5.41, 5.74) is 1.37. The molecule has 0 unspecified atom stereocenters. The Balaban J connectivity index is 1.46. The first-order valence-electron chi connectivity index (χ1n) is 7.91. The van der Waals surface area contributed by atoms with Crippen LogP contribution in [0.3, 0.4) is 0 Å². The van der Waals surface area contributed by atoms with E-state index in [1.807, 2.05) is 30.3 Å². The van der Waals surface area contributed by atoms with Gasteiger partial charge in [-0.2, -0.15) is 0 Å². The van der Waals surface area contributed by atoms with Gasteiger partial charge in [0.05, 0.1) is 11.6 Å². The standard InChI is InChI=1S/C16H14N6O3S/c1-9-13(26-21-18-9)14(24)17-16-20-19-15(25-16)10-7-12(23)22(8-10)11-5-3-2-4-6-11/h2-6,10H,7-8H2,1H3,(H,17,20,24)/t10-/m0/s1. The van der Waals surface area contributed by atoms with Gasteiger partial charge in [-0.05, 0) is 30.6 Å². The van der Waals surface area contributed by atoms with E-state index in [2.05, 4.69) is 25.1 Å². The van der Waals surface area contributed by atoms with Gasteiger partial charge in [-0.1, -0.05) is 27.8 Å². The Morgan fingerprint density at radius 3 is 2.81 bits per heavy atom. The highest BCUT2D eigenvalue weighted by Gasteiger charge is 2.35. The molecule has 10 heteroatoms. The number of nitrogens with one attached hydrogen (secondary N) is 1. The molecule has 3 aromatic rings. The Morgan fingerprint density at radius 2 is 2.08 bits per heavy atom. The molecule has 2 aromatic heterocycles. The number of aryl methyl sites for hydroxylation is 1. The van der Waals surface area contributed by atoms with Gasteiger partial charge in [-0.3, -0.25) is 14.9 Å². The molecule has 3 heterocycles. The largest absolute Gasteiger partial charge is 0.407 e. The van der Waals surface area contributed by atoms with Gasteiger partial charge in [-0.25, -0.2) is 0 Å². The van der Waals surface area contributed by atoms with Gasteiger partial charge in [0.25, 0.3) is 5.91 Å². The van der Waals surface area contributed by atoms with E-state index >= 15 is 0 Å². The minimum atomic E-state index is -0.402. The zero-order valence-corrected chi connectivity index (χ0v) is 14.6. The minimum absolute atomic E-state index is 0.00338.